The molecule has 2 N–H and O–H groups in total. The fraction of sp³-hybridized carbons (Fsp3) is 0.462. The molecule has 0 bridgehead atoms. The maximum atomic E-state index is 11.4. The fourth-order valence-electron chi connectivity index (χ4n) is 1.60. The quantitative estimate of drug-likeness (QED) is 0.421. The van der Waals surface area contributed by atoms with Gasteiger partial charge in [-0.3, -0.25) is 14.9 Å². The Balaban J connectivity index is 2.25. The number of benzene rings is 1. The standard InChI is InChI=1S/C13H19N3O3/c1-2-14-9-8-13(17)15-10-7-11-3-5-12(6-4-11)16(18)19/h3-6,14H,2,7-10H2,1H3,(H,15,17). The second-order valence-electron chi connectivity index (χ2n) is 4.13. The number of rotatable bonds is 8. The van der Waals surface area contributed by atoms with Crippen LogP contribution in [0.4, 0.5) is 5.69 Å². The van der Waals surface area contributed by atoms with E-state index in [1.165, 1.54) is 12.1 Å². The van der Waals surface area contributed by atoms with E-state index in [1.54, 1.807) is 12.1 Å². The van der Waals surface area contributed by atoms with Crippen molar-refractivity contribution in [3.63, 3.8) is 0 Å². The maximum absolute atomic E-state index is 11.4. The molecule has 0 aromatic heterocycles. The Bertz CT molecular complexity index is 418. The van der Waals surface area contributed by atoms with Gasteiger partial charge < -0.3 is 10.6 Å². The molecule has 0 heterocycles. The molecule has 0 fully saturated rings. The van der Waals surface area contributed by atoms with Gasteiger partial charge in [0.25, 0.3) is 5.69 Å². The monoisotopic (exact) mass is 265 g/mol. The highest BCUT2D eigenvalue weighted by atomic mass is 16.6. The van der Waals surface area contributed by atoms with Crippen molar-refractivity contribution in [2.24, 2.45) is 0 Å². The van der Waals surface area contributed by atoms with Crippen LogP contribution < -0.4 is 10.6 Å². The third kappa shape index (κ3) is 5.96. The molecule has 0 saturated heterocycles. The Morgan fingerprint density at radius 3 is 2.53 bits per heavy atom. The number of nitrogens with zero attached hydrogens (tertiary/aromatic N) is 1. The van der Waals surface area contributed by atoms with Crippen LogP contribution in [0.2, 0.25) is 0 Å². The summed E-state index contributed by atoms with van der Waals surface area (Å²) < 4.78 is 0. The lowest BCUT2D eigenvalue weighted by Crippen LogP contribution is -2.29. The Kier molecular flexibility index (Phi) is 6.52. The fourth-order valence-corrected chi connectivity index (χ4v) is 1.60. The first-order valence-electron chi connectivity index (χ1n) is 6.34. The molecule has 6 heteroatoms. The van der Waals surface area contributed by atoms with Crippen molar-refractivity contribution < 1.29 is 9.72 Å². The molecule has 0 radical (unpaired) electrons. The van der Waals surface area contributed by atoms with E-state index in [0.717, 1.165) is 12.1 Å². The van der Waals surface area contributed by atoms with E-state index >= 15 is 0 Å². The number of carbonyl (C=O) groups is 1. The number of amides is 1. The molecule has 19 heavy (non-hydrogen) atoms. The average molecular weight is 265 g/mol. The summed E-state index contributed by atoms with van der Waals surface area (Å²) in [6, 6.07) is 6.37. The van der Waals surface area contributed by atoms with Crippen molar-refractivity contribution in [2.75, 3.05) is 19.6 Å². The van der Waals surface area contributed by atoms with Gasteiger partial charge >= 0.3 is 0 Å². The Morgan fingerprint density at radius 2 is 1.95 bits per heavy atom. The third-order valence-electron chi connectivity index (χ3n) is 2.66. The minimum Gasteiger partial charge on any atom is -0.356 e. The lowest BCUT2D eigenvalue weighted by molar-refractivity contribution is -0.384. The highest BCUT2D eigenvalue weighted by Crippen LogP contribution is 2.11. The average Bonchev–Trinajstić information content (AvgIpc) is 2.39. The summed E-state index contributed by atoms with van der Waals surface area (Å²) in [5, 5.41) is 16.4. The zero-order chi connectivity index (χ0) is 14.1. The number of carbonyl (C=O) groups excluding carboxylic acids is 1. The number of nitro groups is 1. The summed E-state index contributed by atoms with van der Waals surface area (Å²) >= 11 is 0. The van der Waals surface area contributed by atoms with Gasteiger partial charge in [-0.05, 0) is 18.5 Å². The lowest BCUT2D eigenvalue weighted by Gasteiger charge is -2.05. The predicted molar refractivity (Wildman–Crippen MR) is 73.0 cm³/mol. The molecule has 104 valence electrons. The van der Waals surface area contributed by atoms with Gasteiger partial charge in [-0.25, -0.2) is 0 Å². The van der Waals surface area contributed by atoms with Crippen LogP contribution in [0, 0.1) is 10.1 Å². The zero-order valence-corrected chi connectivity index (χ0v) is 11.0. The van der Waals surface area contributed by atoms with Crippen molar-refractivity contribution in [3.8, 4) is 0 Å². The van der Waals surface area contributed by atoms with E-state index in [1.807, 2.05) is 6.92 Å². The normalized spacial score (nSPS) is 10.2. The van der Waals surface area contributed by atoms with Crippen molar-refractivity contribution in [1.29, 1.82) is 0 Å². The molecule has 6 nitrogen and oxygen atoms in total. The molecule has 0 aliphatic heterocycles. The van der Waals surface area contributed by atoms with Crippen molar-refractivity contribution in [3.05, 3.63) is 39.9 Å². The molecule has 0 aliphatic rings. The lowest BCUT2D eigenvalue weighted by atomic mass is 10.1. The van der Waals surface area contributed by atoms with E-state index in [0.29, 0.717) is 25.9 Å². The highest BCUT2D eigenvalue weighted by Gasteiger charge is 2.04. The molecular weight excluding hydrogens is 246 g/mol. The van der Waals surface area contributed by atoms with E-state index < -0.39 is 4.92 Å². The number of nitrogens with one attached hydrogen (secondary N) is 2. The molecule has 1 amide bonds. The van der Waals surface area contributed by atoms with Gasteiger partial charge in [0, 0.05) is 31.6 Å². The summed E-state index contributed by atoms with van der Waals surface area (Å²) in [5.41, 5.74) is 1.05. The summed E-state index contributed by atoms with van der Waals surface area (Å²) in [6.07, 6.45) is 1.14. The molecule has 0 unspecified atom stereocenters. The second-order valence-corrected chi connectivity index (χ2v) is 4.13. The molecule has 1 aromatic carbocycles. The van der Waals surface area contributed by atoms with E-state index in [9.17, 15) is 14.9 Å². The topological polar surface area (TPSA) is 84.3 Å². The van der Waals surface area contributed by atoms with Gasteiger partial charge in [-0.1, -0.05) is 19.1 Å². The molecule has 0 spiro atoms. The van der Waals surface area contributed by atoms with Crippen LogP contribution in [0.3, 0.4) is 0 Å². The Morgan fingerprint density at radius 1 is 1.26 bits per heavy atom. The van der Waals surface area contributed by atoms with Gasteiger partial charge in [-0.2, -0.15) is 0 Å². The molecule has 0 aliphatic carbocycles. The first-order valence-corrected chi connectivity index (χ1v) is 6.34. The van der Waals surface area contributed by atoms with Gasteiger partial charge in [0.15, 0.2) is 0 Å². The molecule has 1 aromatic rings. The summed E-state index contributed by atoms with van der Waals surface area (Å²) in [4.78, 5) is 21.5. The predicted octanol–water partition coefficient (Wildman–Crippen LogP) is 1.25. The number of nitro benzene ring substituents is 1. The summed E-state index contributed by atoms with van der Waals surface area (Å²) in [6.45, 7) is 4.07. The minimum atomic E-state index is -0.424. The Hall–Kier alpha value is -1.95. The summed E-state index contributed by atoms with van der Waals surface area (Å²) in [5.74, 6) is 0.0165. The van der Waals surface area contributed by atoms with Crippen molar-refractivity contribution in [1.82, 2.24) is 10.6 Å². The molecule has 0 saturated carbocycles. The number of non-ortho nitro benzene ring substituents is 1. The van der Waals surface area contributed by atoms with Crippen molar-refractivity contribution in [2.45, 2.75) is 19.8 Å². The van der Waals surface area contributed by atoms with Crippen LogP contribution in [0.1, 0.15) is 18.9 Å². The summed E-state index contributed by atoms with van der Waals surface area (Å²) in [7, 11) is 0. The van der Waals surface area contributed by atoms with Crippen LogP contribution in [0.25, 0.3) is 0 Å². The van der Waals surface area contributed by atoms with Gasteiger partial charge in [-0.15, -0.1) is 0 Å². The van der Waals surface area contributed by atoms with E-state index in [-0.39, 0.29) is 11.6 Å². The first kappa shape index (κ1) is 15.1. The van der Waals surface area contributed by atoms with Crippen LogP contribution in [0.5, 0.6) is 0 Å². The Labute approximate surface area is 112 Å². The van der Waals surface area contributed by atoms with Crippen LogP contribution in [-0.4, -0.2) is 30.5 Å². The van der Waals surface area contributed by atoms with E-state index in [2.05, 4.69) is 10.6 Å². The molecule has 1 rings (SSSR count). The SMILES string of the molecule is CCNCCC(=O)NCCc1ccc([N+](=O)[O-])cc1. The van der Waals surface area contributed by atoms with Crippen LogP contribution in [0.15, 0.2) is 24.3 Å². The minimum absolute atomic E-state index is 0.0165. The number of hydrogen-bond acceptors (Lipinski definition) is 4. The third-order valence-corrected chi connectivity index (χ3v) is 2.66. The zero-order valence-electron chi connectivity index (χ0n) is 11.0. The van der Waals surface area contributed by atoms with Gasteiger partial charge in [0.2, 0.25) is 5.91 Å². The van der Waals surface area contributed by atoms with E-state index in [4.69, 9.17) is 0 Å². The maximum Gasteiger partial charge on any atom is 0.269 e. The second kappa shape index (κ2) is 8.20. The van der Waals surface area contributed by atoms with Crippen LogP contribution in [-0.2, 0) is 11.2 Å². The number of hydrogen-bond donors (Lipinski definition) is 2. The van der Waals surface area contributed by atoms with Gasteiger partial charge in [0.1, 0.15) is 0 Å². The molecule has 0 atom stereocenters. The first-order chi connectivity index (χ1) is 9.13. The largest absolute Gasteiger partial charge is 0.356 e. The van der Waals surface area contributed by atoms with Crippen LogP contribution >= 0.6 is 0 Å². The molecular formula is C13H19N3O3. The smallest absolute Gasteiger partial charge is 0.269 e. The highest BCUT2D eigenvalue weighted by molar-refractivity contribution is 5.76. The van der Waals surface area contributed by atoms with Gasteiger partial charge in [0.05, 0.1) is 4.92 Å². The van der Waals surface area contributed by atoms with Crippen molar-refractivity contribution >= 4 is 11.6 Å².